The number of ether oxygens (including phenoxy) is 1. The van der Waals surface area contributed by atoms with E-state index in [9.17, 15) is 9.90 Å². The summed E-state index contributed by atoms with van der Waals surface area (Å²) in [4.78, 5) is 15.1. The van der Waals surface area contributed by atoms with Crippen molar-refractivity contribution in [3.8, 4) is 11.5 Å². The maximum absolute atomic E-state index is 13.4. The van der Waals surface area contributed by atoms with Crippen LogP contribution in [-0.4, -0.2) is 18.1 Å². The number of aromatic hydroxyl groups is 1. The summed E-state index contributed by atoms with van der Waals surface area (Å²) in [6.07, 6.45) is 0.361. The van der Waals surface area contributed by atoms with Gasteiger partial charge in [0.05, 0.1) is 12.7 Å². The molecule has 28 heavy (non-hydrogen) atoms. The van der Waals surface area contributed by atoms with E-state index >= 15 is 0 Å². The van der Waals surface area contributed by atoms with Gasteiger partial charge in [0, 0.05) is 16.9 Å². The van der Waals surface area contributed by atoms with Crippen LogP contribution in [0, 0.1) is 0 Å². The number of para-hydroxylation sites is 2. The fourth-order valence-electron chi connectivity index (χ4n) is 3.55. The van der Waals surface area contributed by atoms with Gasteiger partial charge in [-0.2, -0.15) is 0 Å². The van der Waals surface area contributed by atoms with Crippen molar-refractivity contribution in [2.45, 2.75) is 19.5 Å². The summed E-state index contributed by atoms with van der Waals surface area (Å²) >= 11 is 0. The largest absolute Gasteiger partial charge is 0.504 e. The maximum Gasteiger partial charge on any atom is 0.262 e. The SMILES string of the molecule is CCc1ccc(N2C(=O)c3ccccc3N[C@H]2c2cccc(OC)c2O)cc1. The lowest BCUT2D eigenvalue weighted by molar-refractivity contribution is 0.0974. The van der Waals surface area contributed by atoms with Gasteiger partial charge in [0.1, 0.15) is 6.17 Å². The number of carbonyl (C=O) groups is 1. The Kier molecular flexibility index (Phi) is 4.65. The first-order valence-corrected chi connectivity index (χ1v) is 9.28. The normalized spacial score (nSPS) is 15.7. The van der Waals surface area contributed by atoms with Crippen molar-refractivity contribution in [3.05, 3.63) is 83.4 Å². The molecule has 0 spiro atoms. The van der Waals surface area contributed by atoms with Gasteiger partial charge in [0.2, 0.25) is 0 Å². The van der Waals surface area contributed by atoms with E-state index < -0.39 is 6.17 Å². The zero-order valence-electron chi connectivity index (χ0n) is 15.8. The molecule has 1 atom stereocenters. The van der Waals surface area contributed by atoms with Crippen molar-refractivity contribution in [2.24, 2.45) is 0 Å². The van der Waals surface area contributed by atoms with Crippen LogP contribution in [0.15, 0.2) is 66.7 Å². The van der Waals surface area contributed by atoms with Crippen molar-refractivity contribution in [1.82, 2.24) is 0 Å². The second-order valence-electron chi connectivity index (χ2n) is 6.69. The number of nitrogens with zero attached hydrogens (tertiary/aromatic N) is 1. The molecule has 5 nitrogen and oxygen atoms in total. The molecule has 142 valence electrons. The van der Waals surface area contributed by atoms with Crippen LogP contribution in [0.2, 0.25) is 0 Å². The summed E-state index contributed by atoms with van der Waals surface area (Å²) in [5.74, 6) is 0.266. The molecule has 0 fully saturated rings. The molecule has 0 aliphatic carbocycles. The molecule has 5 heteroatoms. The van der Waals surface area contributed by atoms with Crippen LogP contribution in [0.25, 0.3) is 0 Å². The van der Waals surface area contributed by atoms with Gasteiger partial charge in [0.25, 0.3) is 5.91 Å². The first kappa shape index (κ1) is 17.9. The Morgan fingerprint density at radius 2 is 1.79 bits per heavy atom. The number of hydrogen-bond acceptors (Lipinski definition) is 4. The highest BCUT2D eigenvalue weighted by molar-refractivity contribution is 6.12. The van der Waals surface area contributed by atoms with Crippen LogP contribution >= 0.6 is 0 Å². The monoisotopic (exact) mass is 374 g/mol. The molecule has 1 amide bonds. The quantitative estimate of drug-likeness (QED) is 0.693. The highest BCUT2D eigenvalue weighted by Crippen LogP contribution is 2.42. The van der Waals surface area contributed by atoms with E-state index in [1.807, 2.05) is 42.5 Å². The predicted molar refractivity (Wildman–Crippen MR) is 110 cm³/mol. The molecular formula is C23H22N2O3. The van der Waals surface area contributed by atoms with E-state index in [-0.39, 0.29) is 11.7 Å². The lowest BCUT2D eigenvalue weighted by Gasteiger charge is -2.38. The number of nitrogens with one attached hydrogen (secondary N) is 1. The van der Waals surface area contributed by atoms with Gasteiger partial charge in [-0.05, 0) is 42.3 Å². The average Bonchev–Trinajstić information content (AvgIpc) is 2.74. The standard InChI is InChI=1S/C23H22N2O3/c1-3-15-11-13-16(14-12-15)25-22(18-8-6-10-20(28-2)21(18)26)24-19-9-5-4-7-17(19)23(25)27/h4-14,22,24,26H,3H2,1-2H3/t22-/m1/s1. The molecule has 0 unspecified atom stereocenters. The summed E-state index contributed by atoms with van der Waals surface area (Å²) in [6.45, 7) is 2.09. The number of carbonyl (C=O) groups excluding carboxylic acids is 1. The Hall–Kier alpha value is -3.47. The number of hydrogen-bond donors (Lipinski definition) is 2. The minimum Gasteiger partial charge on any atom is -0.504 e. The van der Waals surface area contributed by atoms with E-state index in [1.165, 1.54) is 12.7 Å². The van der Waals surface area contributed by atoms with Gasteiger partial charge in [-0.3, -0.25) is 9.69 Å². The van der Waals surface area contributed by atoms with Crippen LogP contribution in [-0.2, 0) is 6.42 Å². The van der Waals surface area contributed by atoms with E-state index in [0.717, 1.165) is 17.8 Å². The van der Waals surface area contributed by atoms with E-state index in [1.54, 1.807) is 29.2 Å². The van der Waals surface area contributed by atoms with Crippen LogP contribution < -0.4 is 15.0 Å². The van der Waals surface area contributed by atoms with Gasteiger partial charge >= 0.3 is 0 Å². The third kappa shape index (κ3) is 2.95. The molecule has 1 heterocycles. The molecule has 0 radical (unpaired) electrons. The predicted octanol–water partition coefficient (Wildman–Crippen LogP) is 4.73. The van der Waals surface area contributed by atoms with Crippen LogP contribution in [0.5, 0.6) is 11.5 Å². The molecule has 3 aromatic rings. The number of fused-ring (bicyclic) bond motifs is 1. The van der Waals surface area contributed by atoms with Crippen molar-refractivity contribution in [3.63, 3.8) is 0 Å². The molecule has 0 aromatic heterocycles. The summed E-state index contributed by atoms with van der Waals surface area (Å²) in [6, 6.07) is 20.6. The Bertz CT molecular complexity index is 1010. The lowest BCUT2D eigenvalue weighted by Crippen LogP contribution is -2.43. The number of aryl methyl sites for hydroxylation is 1. The van der Waals surface area contributed by atoms with E-state index in [4.69, 9.17) is 4.74 Å². The zero-order chi connectivity index (χ0) is 19.7. The highest BCUT2D eigenvalue weighted by Gasteiger charge is 2.35. The number of benzene rings is 3. The first-order chi connectivity index (χ1) is 13.6. The Morgan fingerprint density at radius 1 is 1.04 bits per heavy atom. The minimum atomic E-state index is -0.565. The topological polar surface area (TPSA) is 61.8 Å². The van der Waals surface area contributed by atoms with Crippen LogP contribution in [0.1, 0.15) is 34.6 Å². The third-order valence-electron chi connectivity index (χ3n) is 5.09. The van der Waals surface area contributed by atoms with Crippen LogP contribution in [0.3, 0.4) is 0 Å². The molecule has 3 aromatic carbocycles. The molecule has 4 rings (SSSR count). The van der Waals surface area contributed by atoms with E-state index in [2.05, 4.69) is 12.2 Å². The molecule has 1 aliphatic heterocycles. The fourth-order valence-corrected chi connectivity index (χ4v) is 3.55. The lowest BCUT2D eigenvalue weighted by atomic mass is 10.0. The minimum absolute atomic E-state index is 0.0184. The second kappa shape index (κ2) is 7.27. The van der Waals surface area contributed by atoms with Gasteiger partial charge in [-0.15, -0.1) is 0 Å². The summed E-state index contributed by atoms with van der Waals surface area (Å²) in [5.41, 5.74) is 3.86. The molecule has 0 saturated carbocycles. The van der Waals surface area contributed by atoms with Crippen molar-refractivity contribution in [2.75, 3.05) is 17.3 Å². The van der Waals surface area contributed by atoms with Gasteiger partial charge < -0.3 is 15.2 Å². The summed E-state index contributed by atoms with van der Waals surface area (Å²) in [5, 5.41) is 14.1. The molecule has 0 bridgehead atoms. The Labute approximate surface area is 164 Å². The molecule has 0 saturated heterocycles. The van der Waals surface area contributed by atoms with Gasteiger partial charge in [0.15, 0.2) is 11.5 Å². The van der Waals surface area contributed by atoms with Crippen molar-refractivity contribution in [1.29, 1.82) is 0 Å². The number of rotatable bonds is 4. The number of anilines is 2. The van der Waals surface area contributed by atoms with Crippen LogP contribution in [0.4, 0.5) is 11.4 Å². The van der Waals surface area contributed by atoms with Gasteiger partial charge in [-0.1, -0.05) is 43.3 Å². The Morgan fingerprint density at radius 3 is 2.50 bits per heavy atom. The smallest absolute Gasteiger partial charge is 0.262 e. The molecule has 1 aliphatic rings. The number of phenols is 1. The molecular weight excluding hydrogens is 352 g/mol. The van der Waals surface area contributed by atoms with Gasteiger partial charge in [-0.25, -0.2) is 0 Å². The van der Waals surface area contributed by atoms with Crippen molar-refractivity contribution < 1.29 is 14.6 Å². The van der Waals surface area contributed by atoms with E-state index in [0.29, 0.717) is 16.9 Å². The third-order valence-corrected chi connectivity index (χ3v) is 5.09. The highest BCUT2D eigenvalue weighted by atomic mass is 16.5. The fraction of sp³-hybridized carbons (Fsp3) is 0.174. The zero-order valence-corrected chi connectivity index (χ0v) is 15.8. The molecule has 2 N–H and O–H groups in total. The number of amides is 1. The van der Waals surface area contributed by atoms with Crippen molar-refractivity contribution >= 4 is 17.3 Å². The first-order valence-electron chi connectivity index (χ1n) is 9.28. The Balaban J connectivity index is 1.87. The maximum atomic E-state index is 13.4. The number of phenolic OH excluding ortho intramolecular Hbond substituents is 1. The number of methoxy groups -OCH3 is 1. The summed E-state index contributed by atoms with van der Waals surface area (Å²) < 4.78 is 5.26. The second-order valence-corrected chi connectivity index (χ2v) is 6.69. The average molecular weight is 374 g/mol. The summed E-state index contributed by atoms with van der Waals surface area (Å²) in [7, 11) is 1.51.